The van der Waals surface area contributed by atoms with Crippen LogP contribution in [0.25, 0.3) is 0 Å². The van der Waals surface area contributed by atoms with Crippen LogP contribution in [0, 0.1) is 25.7 Å². The van der Waals surface area contributed by atoms with Gasteiger partial charge in [0.15, 0.2) is 0 Å². The molecule has 1 aromatic rings. The molecule has 0 aliphatic carbocycles. The van der Waals surface area contributed by atoms with Gasteiger partial charge in [-0.15, -0.1) is 0 Å². The average molecular weight is 381 g/mol. The number of benzene rings is 1. The van der Waals surface area contributed by atoms with Crippen molar-refractivity contribution in [2.75, 3.05) is 18.4 Å². The van der Waals surface area contributed by atoms with Crippen molar-refractivity contribution in [1.82, 2.24) is 9.80 Å². The van der Waals surface area contributed by atoms with Gasteiger partial charge in [-0.2, -0.15) is 0 Å². The van der Waals surface area contributed by atoms with Crippen molar-refractivity contribution < 1.29 is 14.4 Å². The Hall–Kier alpha value is -2.21. The van der Waals surface area contributed by atoms with Crippen LogP contribution in [0.3, 0.4) is 0 Å². The zero-order valence-corrected chi connectivity index (χ0v) is 16.7. The lowest BCUT2D eigenvalue weighted by Crippen LogP contribution is -2.54. The molecular weight excluding hydrogens is 354 g/mol. The number of carbonyl (C=O) groups excluding carboxylic acids is 3. The molecule has 0 bridgehead atoms. The van der Waals surface area contributed by atoms with E-state index < -0.39 is 17.4 Å². The third-order valence-corrected chi connectivity index (χ3v) is 7.53. The summed E-state index contributed by atoms with van der Waals surface area (Å²) < 4.78 is 0. The highest BCUT2D eigenvalue weighted by Crippen LogP contribution is 2.60. The Morgan fingerprint density at radius 3 is 2.71 bits per heavy atom. The highest BCUT2D eigenvalue weighted by atomic mass is 16.2. The van der Waals surface area contributed by atoms with Crippen molar-refractivity contribution in [2.24, 2.45) is 11.8 Å². The van der Waals surface area contributed by atoms with E-state index in [4.69, 9.17) is 0 Å². The summed E-state index contributed by atoms with van der Waals surface area (Å²) in [5, 5.41) is 3.10. The largest absolute Gasteiger partial charge is 0.324 e. The molecule has 3 saturated heterocycles. The Morgan fingerprint density at radius 2 is 1.96 bits per heavy atom. The minimum absolute atomic E-state index is 0.0219. The Labute approximate surface area is 165 Å². The molecule has 6 nitrogen and oxygen atoms in total. The molecule has 5 rings (SSSR count). The van der Waals surface area contributed by atoms with Gasteiger partial charge in [-0.3, -0.25) is 24.2 Å². The second-order valence-corrected chi connectivity index (χ2v) is 8.74. The van der Waals surface area contributed by atoms with Crippen molar-refractivity contribution >= 4 is 23.4 Å². The highest BCUT2D eigenvalue weighted by Gasteiger charge is 2.74. The van der Waals surface area contributed by atoms with E-state index in [0.29, 0.717) is 6.54 Å². The molecule has 0 unspecified atom stereocenters. The second-order valence-electron chi connectivity index (χ2n) is 8.74. The first-order valence-corrected chi connectivity index (χ1v) is 10.5. The molecule has 1 spiro atoms. The van der Waals surface area contributed by atoms with Crippen molar-refractivity contribution in [1.29, 1.82) is 0 Å². The SMILES string of the molecule is CCCCN1C(=O)[C@@H]2[C@@H](C1=O)[C@@]1(C(=O)Nc3c1ccc(C)c3C)N1CCC[C@@H]21. The van der Waals surface area contributed by atoms with Crippen molar-refractivity contribution in [2.45, 2.75) is 58.0 Å². The van der Waals surface area contributed by atoms with Crippen LogP contribution < -0.4 is 5.32 Å². The van der Waals surface area contributed by atoms with Gasteiger partial charge < -0.3 is 5.32 Å². The Bertz CT molecular complexity index is 911. The topological polar surface area (TPSA) is 69.7 Å². The van der Waals surface area contributed by atoms with Crippen LogP contribution in [-0.2, 0) is 19.9 Å². The maximum atomic E-state index is 13.5. The van der Waals surface area contributed by atoms with E-state index in [-0.39, 0.29) is 23.8 Å². The smallest absolute Gasteiger partial charge is 0.250 e. The van der Waals surface area contributed by atoms with Crippen molar-refractivity contribution in [3.63, 3.8) is 0 Å². The molecule has 6 heteroatoms. The van der Waals surface area contributed by atoms with Gasteiger partial charge in [-0.25, -0.2) is 0 Å². The normalized spacial score (nSPS) is 33.6. The number of anilines is 1. The molecule has 28 heavy (non-hydrogen) atoms. The zero-order chi connectivity index (χ0) is 19.8. The molecule has 1 N–H and O–H groups in total. The molecule has 4 aliphatic heterocycles. The minimum Gasteiger partial charge on any atom is -0.324 e. The fourth-order valence-corrected chi connectivity index (χ4v) is 6.12. The molecule has 148 valence electrons. The van der Waals surface area contributed by atoms with Gasteiger partial charge >= 0.3 is 0 Å². The first kappa shape index (κ1) is 17.9. The zero-order valence-electron chi connectivity index (χ0n) is 16.7. The number of carbonyl (C=O) groups is 3. The lowest BCUT2D eigenvalue weighted by atomic mass is 9.75. The van der Waals surface area contributed by atoms with Gasteiger partial charge in [-0.1, -0.05) is 25.5 Å². The number of hydrogen-bond donors (Lipinski definition) is 1. The summed E-state index contributed by atoms with van der Waals surface area (Å²) in [6, 6.07) is 4.01. The first-order valence-electron chi connectivity index (χ1n) is 10.5. The Balaban J connectivity index is 1.70. The van der Waals surface area contributed by atoms with E-state index in [1.165, 1.54) is 4.90 Å². The number of aryl methyl sites for hydroxylation is 1. The molecular formula is C22H27N3O3. The highest BCUT2D eigenvalue weighted by molar-refractivity contribution is 6.15. The molecule has 1 aromatic carbocycles. The van der Waals surface area contributed by atoms with Gasteiger partial charge in [0, 0.05) is 23.8 Å². The molecule has 4 atom stereocenters. The number of fused-ring (bicyclic) bond motifs is 7. The van der Waals surface area contributed by atoms with Gasteiger partial charge in [0.2, 0.25) is 17.7 Å². The summed E-state index contributed by atoms with van der Waals surface area (Å²) in [6.07, 6.45) is 3.56. The number of amides is 3. The number of rotatable bonds is 3. The molecule has 3 fully saturated rings. The molecule has 4 heterocycles. The maximum Gasteiger partial charge on any atom is 0.250 e. The molecule has 3 amide bonds. The minimum atomic E-state index is -1.03. The maximum absolute atomic E-state index is 13.5. The van der Waals surface area contributed by atoms with E-state index in [2.05, 4.69) is 17.1 Å². The van der Waals surface area contributed by atoms with Crippen LogP contribution in [0.4, 0.5) is 5.69 Å². The molecule has 4 aliphatic rings. The molecule has 0 aromatic heterocycles. The average Bonchev–Trinajstić information content (AvgIpc) is 3.37. The van der Waals surface area contributed by atoms with E-state index in [1.54, 1.807) is 0 Å². The van der Waals surface area contributed by atoms with Gasteiger partial charge in [0.25, 0.3) is 0 Å². The van der Waals surface area contributed by atoms with Crippen LogP contribution >= 0.6 is 0 Å². The summed E-state index contributed by atoms with van der Waals surface area (Å²) in [5.74, 6) is -1.36. The van der Waals surface area contributed by atoms with Crippen LogP contribution in [0.1, 0.15) is 49.3 Å². The molecule has 0 radical (unpaired) electrons. The number of likely N-dealkylation sites (tertiary alicyclic amines) is 1. The third-order valence-electron chi connectivity index (χ3n) is 7.53. The number of nitrogens with zero attached hydrogens (tertiary/aromatic N) is 2. The second kappa shape index (κ2) is 5.89. The van der Waals surface area contributed by atoms with E-state index in [1.807, 2.05) is 26.0 Å². The Morgan fingerprint density at radius 1 is 1.18 bits per heavy atom. The number of unbranched alkanes of at least 4 members (excludes halogenated alkanes) is 1. The number of imide groups is 1. The summed E-state index contributed by atoms with van der Waals surface area (Å²) in [4.78, 5) is 43.9. The number of nitrogens with one attached hydrogen (secondary N) is 1. The fraction of sp³-hybridized carbons (Fsp3) is 0.591. The monoisotopic (exact) mass is 381 g/mol. The lowest BCUT2D eigenvalue weighted by molar-refractivity contribution is -0.145. The van der Waals surface area contributed by atoms with Gasteiger partial charge in [-0.05, 0) is 50.8 Å². The van der Waals surface area contributed by atoms with Crippen molar-refractivity contribution in [3.8, 4) is 0 Å². The van der Waals surface area contributed by atoms with Gasteiger partial charge in [0.05, 0.1) is 11.8 Å². The van der Waals surface area contributed by atoms with Crippen molar-refractivity contribution in [3.05, 3.63) is 28.8 Å². The summed E-state index contributed by atoms with van der Waals surface area (Å²) in [5.41, 5.74) is 2.85. The van der Waals surface area contributed by atoms with E-state index in [9.17, 15) is 14.4 Å². The van der Waals surface area contributed by atoms with Crippen LogP contribution in [0.2, 0.25) is 0 Å². The van der Waals surface area contributed by atoms with Crippen LogP contribution in [0.15, 0.2) is 12.1 Å². The summed E-state index contributed by atoms with van der Waals surface area (Å²) in [6.45, 7) is 7.31. The summed E-state index contributed by atoms with van der Waals surface area (Å²) in [7, 11) is 0. The molecule has 0 saturated carbocycles. The third kappa shape index (κ3) is 1.89. The lowest BCUT2D eigenvalue weighted by Gasteiger charge is -2.36. The van der Waals surface area contributed by atoms with Crippen LogP contribution in [-0.4, -0.2) is 46.7 Å². The van der Waals surface area contributed by atoms with E-state index >= 15 is 0 Å². The van der Waals surface area contributed by atoms with E-state index in [0.717, 1.165) is 54.6 Å². The quantitative estimate of drug-likeness (QED) is 0.816. The fourth-order valence-electron chi connectivity index (χ4n) is 6.12. The standard InChI is InChI=1S/C22H27N3O3/c1-4-5-10-24-19(26)16-15-7-6-11-25(15)22(17(16)20(24)27)14-9-8-12(2)13(3)18(14)23-21(22)28/h8-9,15-17H,4-7,10-11H2,1-3H3,(H,23,28)/t15-,16-,17-,22-/m0/s1. The van der Waals surface area contributed by atoms with Crippen LogP contribution in [0.5, 0.6) is 0 Å². The predicted molar refractivity (Wildman–Crippen MR) is 105 cm³/mol. The predicted octanol–water partition coefficient (Wildman–Crippen LogP) is 2.33. The summed E-state index contributed by atoms with van der Waals surface area (Å²) >= 11 is 0. The first-order chi connectivity index (χ1) is 13.4. The van der Waals surface area contributed by atoms with Gasteiger partial charge in [0.1, 0.15) is 5.54 Å². The number of hydrogen-bond acceptors (Lipinski definition) is 4. The Kier molecular flexibility index (Phi) is 3.76.